The van der Waals surface area contributed by atoms with E-state index in [1.54, 1.807) is 7.11 Å². The molecule has 3 rings (SSSR count). The molecule has 3 N–H and O–H groups in total. The molecule has 134 valence electrons. The number of hydrogen-bond donors (Lipinski definition) is 3. The number of hydrogen-bond acceptors (Lipinski definition) is 9. The van der Waals surface area contributed by atoms with Gasteiger partial charge in [0.2, 0.25) is 5.13 Å². The lowest BCUT2D eigenvalue weighted by Crippen LogP contribution is -2.01. The van der Waals surface area contributed by atoms with E-state index in [4.69, 9.17) is 4.74 Å². The summed E-state index contributed by atoms with van der Waals surface area (Å²) < 4.78 is 5.76. The minimum atomic E-state index is -0.317. The van der Waals surface area contributed by atoms with Gasteiger partial charge in [0.15, 0.2) is 21.6 Å². The van der Waals surface area contributed by atoms with E-state index in [1.807, 2.05) is 24.3 Å². The van der Waals surface area contributed by atoms with Crippen molar-refractivity contribution in [1.82, 2.24) is 10.2 Å². The summed E-state index contributed by atoms with van der Waals surface area (Å²) >= 11 is 2.60. The molecule has 1 heterocycles. The number of anilines is 2. The molecule has 2 aromatic carbocycles. The summed E-state index contributed by atoms with van der Waals surface area (Å²) in [7, 11) is 1.61. The zero-order valence-corrected chi connectivity index (χ0v) is 15.3. The normalized spacial score (nSPS) is 10.5. The number of aromatic nitrogens is 2. The fraction of sp³-hybridized carbons (Fsp3) is 0.118. The van der Waals surface area contributed by atoms with E-state index in [1.165, 1.54) is 41.3 Å². The van der Waals surface area contributed by atoms with Crippen LogP contribution in [0, 0.1) is 0 Å². The average Bonchev–Trinajstić information content (AvgIpc) is 3.10. The first kappa shape index (κ1) is 18.0. The van der Waals surface area contributed by atoms with Gasteiger partial charge in [0.1, 0.15) is 5.75 Å². The van der Waals surface area contributed by atoms with Crippen molar-refractivity contribution >= 4 is 39.7 Å². The Morgan fingerprint density at radius 2 is 1.92 bits per heavy atom. The van der Waals surface area contributed by atoms with Gasteiger partial charge in [-0.15, -0.1) is 10.2 Å². The standard InChI is InChI=1S/C17H15N3O4S2/c1-24-12-5-3-11(4-6-12)18-16-19-20-17(26-16)25-9-15(23)10-2-7-13(21)14(22)8-10/h2-8,21-22H,9H2,1H3,(H,18,19). The second-order valence-corrected chi connectivity index (χ2v) is 7.34. The van der Waals surface area contributed by atoms with Crippen LogP contribution >= 0.6 is 23.1 Å². The van der Waals surface area contributed by atoms with Gasteiger partial charge in [0, 0.05) is 11.3 Å². The van der Waals surface area contributed by atoms with Crippen molar-refractivity contribution in [2.24, 2.45) is 0 Å². The summed E-state index contributed by atoms with van der Waals surface area (Å²) in [5, 5.41) is 30.6. The molecule has 1 aromatic heterocycles. The number of Topliss-reactive ketones (excluding diaryl/α,β-unsaturated/α-hetero) is 1. The summed E-state index contributed by atoms with van der Waals surface area (Å²) in [5.41, 5.74) is 1.18. The summed E-state index contributed by atoms with van der Waals surface area (Å²) in [6, 6.07) is 11.4. The monoisotopic (exact) mass is 389 g/mol. The van der Waals surface area contributed by atoms with Crippen LogP contribution in [0.25, 0.3) is 0 Å². The van der Waals surface area contributed by atoms with Gasteiger partial charge in [-0.2, -0.15) is 0 Å². The van der Waals surface area contributed by atoms with E-state index < -0.39 is 0 Å². The third-order valence-corrected chi connectivity index (χ3v) is 5.34. The number of phenols is 2. The Morgan fingerprint density at radius 1 is 1.15 bits per heavy atom. The molecule has 7 nitrogen and oxygen atoms in total. The second-order valence-electron chi connectivity index (χ2n) is 5.14. The van der Waals surface area contributed by atoms with Crippen LogP contribution in [0.1, 0.15) is 10.4 Å². The van der Waals surface area contributed by atoms with Crippen LogP contribution in [0.3, 0.4) is 0 Å². The van der Waals surface area contributed by atoms with Crippen LogP contribution in [-0.4, -0.2) is 39.1 Å². The lowest BCUT2D eigenvalue weighted by molar-refractivity contribution is 0.102. The number of nitrogens with one attached hydrogen (secondary N) is 1. The van der Waals surface area contributed by atoms with E-state index in [0.717, 1.165) is 11.4 Å². The zero-order chi connectivity index (χ0) is 18.5. The average molecular weight is 389 g/mol. The predicted octanol–water partition coefficient (Wildman–Crippen LogP) is 3.68. The maximum atomic E-state index is 12.2. The Kier molecular flexibility index (Phi) is 5.59. The molecule has 0 aliphatic rings. The molecular weight excluding hydrogens is 374 g/mol. The number of benzene rings is 2. The van der Waals surface area contributed by atoms with Crippen LogP contribution in [0.2, 0.25) is 0 Å². The number of methoxy groups -OCH3 is 1. The number of phenolic OH excluding ortho intramolecular Hbond substituents is 2. The van der Waals surface area contributed by atoms with E-state index in [9.17, 15) is 15.0 Å². The van der Waals surface area contributed by atoms with E-state index in [-0.39, 0.29) is 23.0 Å². The first-order chi connectivity index (χ1) is 12.5. The molecule has 9 heteroatoms. The largest absolute Gasteiger partial charge is 0.504 e. The van der Waals surface area contributed by atoms with Gasteiger partial charge in [-0.3, -0.25) is 4.79 Å². The molecule has 0 saturated heterocycles. The molecule has 0 radical (unpaired) electrons. The van der Waals surface area contributed by atoms with Crippen LogP contribution < -0.4 is 10.1 Å². The molecule has 0 aliphatic heterocycles. The maximum absolute atomic E-state index is 12.2. The predicted molar refractivity (Wildman–Crippen MR) is 101 cm³/mol. The number of nitrogens with zero attached hydrogens (tertiary/aromatic N) is 2. The first-order valence-corrected chi connectivity index (χ1v) is 9.28. The molecule has 26 heavy (non-hydrogen) atoms. The Bertz CT molecular complexity index is 913. The quantitative estimate of drug-likeness (QED) is 0.319. The Hall–Kier alpha value is -2.78. The highest BCUT2D eigenvalue weighted by molar-refractivity contribution is 8.01. The molecule has 0 atom stereocenters. The third kappa shape index (κ3) is 4.44. The molecule has 0 spiro atoms. The molecule has 0 fully saturated rings. The van der Waals surface area contributed by atoms with Gasteiger partial charge in [-0.1, -0.05) is 23.1 Å². The number of carbonyl (C=O) groups is 1. The Labute approximate surface area is 157 Å². The summed E-state index contributed by atoms with van der Waals surface area (Å²) in [4.78, 5) is 12.2. The van der Waals surface area contributed by atoms with E-state index in [0.29, 0.717) is 15.0 Å². The minimum Gasteiger partial charge on any atom is -0.504 e. The molecule has 0 unspecified atom stereocenters. The number of rotatable bonds is 7. The Morgan fingerprint density at radius 3 is 2.62 bits per heavy atom. The van der Waals surface area contributed by atoms with E-state index >= 15 is 0 Å². The molecular formula is C17H15N3O4S2. The van der Waals surface area contributed by atoms with Gasteiger partial charge in [0.25, 0.3) is 0 Å². The molecule has 0 aliphatic carbocycles. The van der Waals surface area contributed by atoms with Gasteiger partial charge in [-0.05, 0) is 42.5 Å². The summed E-state index contributed by atoms with van der Waals surface area (Å²) in [5.74, 6) is 0.171. The highest BCUT2D eigenvalue weighted by Crippen LogP contribution is 2.30. The topological polar surface area (TPSA) is 105 Å². The zero-order valence-electron chi connectivity index (χ0n) is 13.7. The van der Waals surface area contributed by atoms with Crippen molar-refractivity contribution < 1.29 is 19.7 Å². The second kappa shape index (κ2) is 8.07. The van der Waals surface area contributed by atoms with Crippen LogP contribution in [0.15, 0.2) is 46.8 Å². The number of ketones is 1. The van der Waals surface area contributed by atoms with Crippen LogP contribution in [0.5, 0.6) is 17.2 Å². The van der Waals surface area contributed by atoms with E-state index in [2.05, 4.69) is 15.5 Å². The minimum absolute atomic E-state index is 0.154. The van der Waals surface area contributed by atoms with Gasteiger partial charge >= 0.3 is 0 Å². The highest BCUT2D eigenvalue weighted by atomic mass is 32.2. The lowest BCUT2D eigenvalue weighted by atomic mass is 10.1. The number of ether oxygens (including phenoxy) is 1. The molecule has 0 saturated carbocycles. The fourth-order valence-electron chi connectivity index (χ4n) is 2.02. The van der Waals surface area contributed by atoms with Crippen molar-refractivity contribution in [3.63, 3.8) is 0 Å². The van der Waals surface area contributed by atoms with Crippen molar-refractivity contribution in [3.05, 3.63) is 48.0 Å². The number of thioether (sulfide) groups is 1. The van der Waals surface area contributed by atoms with Crippen LogP contribution in [-0.2, 0) is 0 Å². The first-order valence-electron chi connectivity index (χ1n) is 7.47. The number of carbonyl (C=O) groups excluding carboxylic acids is 1. The fourth-order valence-corrected chi connectivity index (χ4v) is 3.69. The van der Waals surface area contributed by atoms with Crippen molar-refractivity contribution in [2.45, 2.75) is 4.34 Å². The molecule has 0 bridgehead atoms. The smallest absolute Gasteiger partial charge is 0.210 e. The van der Waals surface area contributed by atoms with Gasteiger partial charge < -0.3 is 20.3 Å². The van der Waals surface area contributed by atoms with Crippen molar-refractivity contribution in [1.29, 1.82) is 0 Å². The SMILES string of the molecule is COc1ccc(Nc2nnc(SCC(=O)c3ccc(O)c(O)c3)s2)cc1. The number of aromatic hydroxyl groups is 2. The molecule has 3 aromatic rings. The summed E-state index contributed by atoms with van der Waals surface area (Å²) in [6.07, 6.45) is 0. The van der Waals surface area contributed by atoms with Gasteiger partial charge in [-0.25, -0.2) is 0 Å². The van der Waals surface area contributed by atoms with Crippen molar-refractivity contribution in [2.75, 3.05) is 18.2 Å². The highest BCUT2D eigenvalue weighted by Gasteiger charge is 2.12. The lowest BCUT2D eigenvalue weighted by Gasteiger charge is -2.03. The third-order valence-electron chi connectivity index (χ3n) is 3.37. The van der Waals surface area contributed by atoms with Crippen LogP contribution in [0.4, 0.5) is 10.8 Å². The maximum Gasteiger partial charge on any atom is 0.210 e. The Balaban J connectivity index is 1.57. The summed E-state index contributed by atoms with van der Waals surface area (Å²) in [6.45, 7) is 0. The van der Waals surface area contributed by atoms with Gasteiger partial charge in [0.05, 0.1) is 12.9 Å². The van der Waals surface area contributed by atoms with Crippen molar-refractivity contribution in [3.8, 4) is 17.2 Å². The molecule has 0 amide bonds.